The zero-order valence-corrected chi connectivity index (χ0v) is 9.48. The van der Waals surface area contributed by atoms with E-state index in [1.165, 1.54) is 19.3 Å². The summed E-state index contributed by atoms with van der Waals surface area (Å²) < 4.78 is 0. The summed E-state index contributed by atoms with van der Waals surface area (Å²) in [4.78, 5) is 11.0. The maximum absolute atomic E-state index is 11.0. The van der Waals surface area contributed by atoms with Crippen LogP contribution in [0.4, 0.5) is 0 Å². The highest BCUT2D eigenvalue weighted by atomic mass is 16.4. The quantitative estimate of drug-likeness (QED) is 0.739. The molecule has 2 atom stereocenters. The van der Waals surface area contributed by atoms with Crippen molar-refractivity contribution in [1.29, 1.82) is 0 Å². The zero-order chi connectivity index (χ0) is 11.3. The first kappa shape index (κ1) is 12.5. The molecule has 15 heavy (non-hydrogen) atoms. The third-order valence-electron chi connectivity index (χ3n) is 3.51. The van der Waals surface area contributed by atoms with E-state index in [0.717, 1.165) is 12.8 Å². The molecule has 0 radical (unpaired) electrons. The molecule has 0 amide bonds. The van der Waals surface area contributed by atoms with Crippen molar-refractivity contribution in [3.8, 4) is 0 Å². The van der Waals surface area contributed by atoms with Crippen LogP contribution in [0.1, 0.15) is 51.9 Å². The van der Waals surface area contributed by atoms with Gasteiger partial charge in [-0.1, -0.05) is 39.0 Å². The number of aliphatic hydroxyl groups excluding tert-OH is 1. The molecule has 88 valence electrons. The molecule has 0 unspecified atom stereocenters. The average Bonchev–Trinajstić information content (AvgIpc) is 2.26. The lowest BCUT2D eigenvalue weighted by atomic mass is 9.81. The molecule has 0 heterocycles. The second kappa shape index (κ2) is 6.11. The van der Waals surface area contributed by atoms with Crippen LogP contribution in [0.5, 0.6) is 0 Å². The number of rotatable bonds is 5. The molecule has 0 saturated heterocycles. The number of carboxylic acids is 1. The predicted octanol–water partition coefficient (Wildman–Crippen LogP) is 2.43. The highest BCUT2D eigenvalue weighted by Gasteiger charge is 2.28. The summed E-state index contributed by atoms with van der Waals surface area (Å²) >= 11 is 0. The number of aliphatic carboxylic acids is 1. The van der Waals surface area contributed by atoms with Crippen LogP contribution in [0.2, 0.25) is 0 Å². The minimum Gasteiger partial charge on any atom is -0.481 e. The normalized spacial score (nSPS) is 22.3. The van der Waals surface area contributed by atoms with Gasteiger partial charge in [-0.25, -0.2) is 0 Å². The van der Waals surface area contributed by atoms with Crippen molar-refractivity contribution in [2.24, 2.45) is 11.8 Å². The van der Waals surface area contributed by atoms with Gasteiger partial charge < -0.3 is 10.2 Å². The largest absolute Gasteiger partial charge is 0.481 e. The molecule has 0 aromatic carbocycles. The second-order valence-electron chi connectivity index (χ2n) is 4.66. The predicted molar refractivity (Wildman–Crippen MR) is 58.6 cm³/mol. The Hall–Kier alpha value is -0.570. The first-order chi connectivity index (χ1) is 7.15. The van der Waals surface area contributed by atoms with E-state index in [1.54, 1.807) is 0 Å². The van der Waals surface area contributed by atoms with E-state index < -0.39 is 18.0 Å². The molecule has 2 N–H and O–H groups in total. The molecule has 1 fully saturated rings. The minimum atomic E-state index is -0.838. The zero-order valence-electron chi connectivity index (χ0n) is 9.48. The van der Waals surface area contributed by atoms with Gasteiger partial charge in [0.15, 0.2) is 0 Å². The molecule has 0 aromatic rings. The first-order valence-electron chi connectivity index (χ1n) is 6.06. The lowest BCUT2D eigenvalue weighted by Crippen LogP contribution is -2.30. The number of carboxylic acid groups (broad SMARTS) is 1. The Morgan fingerprint density at radius 3 is 2.40 bits per heavy atom. The van der Waals surface area contributed by atoms with Gasteiger partial charge in [-0.15, -0.1) is 0 Å². The van der Waals surface area contributed by atoms with Crippen molar-refractivity contribution in [1.82, 2.24) is 0 Å². The Kier molecular flexibility index (Phi) is 5.09. The highest BCUT2D eigenvalue weighted by molar-refractivity contribution is 5.70. The summed E-state index contributed by atoms with van der Waals surface area (Å²) in [6, 6.07) is 0. The van der Waals surface area contributed by atoms with Gasteiger partial charge in [-0.3, -0.25) is 4.79 Å². The van der Waals surface area contributed by atoms with E-state index in [-0.39, 0.29) is 0 Å². The highest BCUT2D eigenvalue weighted by Crippen LogP contribution is 2.30. The summed E-state index contributed by atoms with van der Waals surface area (Å²) in [5.41, 5.74) is 0. The van der Waals surface area contributed by atoms with Gasteiger partial charge in [0.25, 0.3) is 0 Å². The molecular weight excluding hydrogens is 192 g/mol. The Morgan fingerprint density at radius 1 is 1.33 bits per heavy atom. The molecule has 0 aromatic heterocycles. The van der Waals surface area contributed by atoms with E-state index in [1.807, 2.05) is 6.92 Å². The fourth-order valence-corrected chi connectivity index (χ4v) is 2.49. The maximum atomic E-state index is 11.0. The van der Waals surface area contributed by atoms with Crippen LogP contribution in [0.25, 0.3) is 0 Å². The van der Waals surface area contributed by atoms with Crippen LogP contribution in [-0.4, -0.2) is 22.3 Å². The standard InChI is InChI=1S/C12H22O3/c1-2-11(13)10(12(14)15)8-9-6-4-3-5-7-9/h9-11,13H,2-8H2,1H3,(H,14,15)/t10-,11-/m1/s1. The van der Waals surface area contributed by atoms with Gasteiger partial charge in [0.1, 0.15) is 0 Å². The van der Waals surface area contributed by atoms with Crippen molar-refractivity contribution in [2.75, 3.05) is 0 Å². The molecule has 1 saturated carbocycles. The van der Waals surface area contributed by atoms with Gasteiger partial charge in [-0.05, 0) is 18.8 Å². The Morgan fingerprint density at radius 2 is 1.93 bits per heavy atom. The molecular formula is C12H22O3. The van der Waals surface area contributed by atoms with Gasteiger partial charge >= 0.3 is 5.97 Å². The summed E-state index contributed by atoms with van der Waals surface area (Å²) in [7, 11) is 0. The van der Waals surface area contributed by atoms with Crippen molar-refractivity contribution >= 4 is 5.97 Å². The van der Waals surface area contributed by atoms with E-state index in [2.05, 4.69) is 0 Å². The van der Waals surface area contributed by atoms with Crippen LogP contribution in [0, 0.1) is 11.8 Å². The Bertz CT molecular complexity index is 197. The van der Waals surface area contributed by atoms with Crippen LogP contribution in [0.15, 0.2) is 0 Å². The van der Waals surface area contributed by atoms with Crippen LogP contribution >= 0.6 is 0 Å². The first-order valence-corrected chi connectivity index (χ1v) is 6.06. The van der Waals surface area contributed by atoms with E-state index >= 15 is 0 Å². The lowest BCUT2D eigenvalue weighted by molar-refractivity contribution is -0.146. The van der Waals surface area contributed by atoms with Crippen LogP contribution in [-0.2, 0) is 4.79 Å². The molecule has 1 rings (SSSR count). The van der Waals surface area contributed by atoms with Gasteiger partial charge in [-0.2, -0.15) is 0 Å². The molecule has 1 aliphatic rings. The molecule has 1 aliphatic carbocycles. The summed E-state index contributed by atoms with van der Waals surface area (Å²) in [5.74, 6) is -0.880. The molecule has 3 nitrogen and oxygen atoms in total. The van der Waals surface area contributed by atoms with Crippen molar-refractivity contribution in [3.05, 3.63) is 0 Å². The molecule has 0 bridgehead atoms. The lowest BCUT2D eigenvalue weighted by Gasteiger charge is -2.26. The fraction of sp³-hybridized carbons (Fsp3) is 0.917. The van der Waals surface area contributed by atoms with Crippen molar-refractivity contribution < 1.29 is 15.0 Å². The third kappa shape index (κ3) is 3.82. The number of hydrogen-bond acceptors (Lipinski definition) is 2. The van der Waals surface area contributed by atoms with Crippen LogP contribution in [0.3, 0.4) is 0 Å². The Labute approximate surface area is 91.5 Å². The number of hydrogen-bond donors (Lipinski definition) is 2. The molecule has 0 spiro atoms. The van der Waals surface area contributed by atoms with E-state index in [9.17, 15) is 9.90 Å². The minimum absolute atomic E-state index is 0.515. The van der Waals surface area contributed by atoms with Crippen molar-refractivity contribution in [3.63, 3.8) is 0 Å². The van der Waals surface area contributed by atoms with Gasteiger partial charge in [0, 0.05) is 0 Å². The maximum Gasteiger partial charge on any atom is 0.309 e. The summed E-state index contributed by atoms with van der Waals surface area (Å²) in [6.07, 6.45) is 6.52. The number of aliphatic hydroxyl groups is 1. The fourth-order valence-electron chi connectivity index (χ4n) is 2.49. The van der Waals surface area contributed by atoms with Gasteiger partial charge in [0.2, 0.25) is 0 Å². The second-order valence-corrected chi connectivity index (χ2v) is 4.66. The van der Waals surface area contributed by atoms with Crippen LogP contribution < -0.4 is 0 Å². The summed E-state index contributed by atoms with van der Waals surface area (Å²) in [5, 5.41) is 18.7. The average molecular weight is 214 g/mol. The molecule has 3 heteroatoms. The van der Waals surface area contributed by atoms with Gasteiger partial charge in [0.05, 0.1) is 12.0 Å². The monoisotopic (exact) mass is 214 g/mol. The SMILES string of the molecule is CC[C@@H](O)[C@@H](CC1CCCCC1)C(=O)O. The number of carbonyl (C=O) groups is 1. The third-order valence-corrected chi connectivity index (χ3v) is 3.51. The molecule has 0 aliphatic heterocycles. The topological polar surface area (TPSA) is 57.5 Å². The van der Waals surface area contributed by atoms with E-state index in [0.29, 0.717) is 18.8 Å². The van der Waals surface area contributed by atoms with E-state index in [4.69, 9.17) is 5.11 Å². The van der Waals surface area contributed by atoms with Crippen molar-refractivity contribution in [2.45, 2.75) is 58.0 Å². The smallest absolute Gasteiger partial charge is 0.309 e. The Balaban J connectivity index is 2.45. The summed E-state index contributed by atoms with van der Waals surface area (Å²) in [6.45, 7) is 1.83.